The van der Waals surface area contributed by atoms with Crippen molar-refractivity contribution in [3.05, 3.63) is 42.0 Å². The number of nitrogens with zero attached hydrogens (tertiary/aromatic N) is 1. The van der Waals surface area contributed by atoms with Gasteiger partial charge >= 0.3 is 0 Å². The van der Waals surface area contributed by atoms with E-state index in [0.717, 1.165) is 16.5 Å². The van der Waals surface area contributed by atoms with Crippen LogP contribution in [-0.4, -0.2) is 17.6 Å². The van der Waals surface area contributed by atoms with E-state index in [1.807, 2.05) is 36.4 Å². The molecule has 0 saturated carbocycles. The highest BCUT2D eigenvalue weighted by atomic mass is 16.5. The van der Waals surface area contributed by atoms with Gasteiger partial charge < -0.3 is 15.7 Å². The van der Waals surface area contributed by atoms with Crippen molar-refractivity contribution in [3.63, 3.8) is 0 Å². The van der Waals surface area contributed by atoms with Crippen LogP contribution in [0.15, 0.2) is 41.6 Å². The summed E-state index contributed by atoms with van der Waals surface area (Å²) in [6.07, 6.45) is 0. The Morgan fingerprint density at radius 2 is 1.89 bits per heavy atom. The van der Waals surface area contributed by atoms with Crippen LogP contribution in [0.3, 0.4) is 0 Å². The summed E-state index contributed by atoms with van der Waals surface area (Å²) in [6.45, 7) is 4.93. The summed E-state index contributed by atoms with van der Waals surface area (Å²) in [5, 5.41) is 13.8. The number of oxime groups is 1. The molecule has 0 spiro atoms. The Balaban J connectivity index is 2.30. The van der Waals surface area contributed by atoms with E-state index in [1.54, 1.807) is 0 Å². The zero-order valence-corrected chi connectivity index (χ0v) is 11.1. The van der Waals surface area contributed by atoms with Gasteiger partial charge in [-0.25, -0.2) is 0 Å². The molecule has 0 aliphatic rings. The molecule has 2 aromatic rings. The molecule has 0 atom stereocenters. The third-order valence-corrected chi connectivity index (χ3v) is 2.80. The lowest BCUT2D eigenvalue weighted by atomic mass is 10.1. The van der Waals surface area contributed by atoms with Crippen LogP contribution in [0.25, 0.3) is 10.8 Å². The summed E-state index contributed by atoms with van der Waals surface area (Å²) < 4.78 is 5.69. The highest BCUT2D eigenvalue weighted by Crippen LogP contribution is 2.22. The number of benzene rings is 2. The molecule has 19 heavy (non-hydrogen) atoms. The maximum atomic E-state index is 8.67. The van der Waals surface area contributed by atoms with Gasteiger partial charge in [0.05, 0.1) is 6.61 Å². The van der Waals surface area contributed by atoms with Crippen LogP contribution in [0.2, 0.25) is 0 Å². The minimum atomic E-state index is 0.113. The molecule has 4 heteroatoms. The fourth-order valence-electron chi connectivity index (χ4n) is 1.79. The molecule has 0 radical (unpaired) electrons. The Labute approximate surface area is 112 Å². The van der Waals surface area contributed by atoms with Crippen molar-refractivity contribution in [2.75, 3.05) is 6.61 Å². The average molecular weight is 258 g/mol. The van der Waals surface area contributed by atoms with Gasteiger partial charge in [-0.1, -0.05) is 37.2 Å². The third-order valence-electron chi connectivity index (χ3n) is 2.80. The van der Waals surface area contributed by atoms with Crippen molar-refractivity contribution in [1.29, 1.82) is 0 Å². The first-order chi connectivity index (χ1) is 9.10. The molecule has 2 rings (SSSR count). The second-order valence-electron chi connectivity index (χ2n) is 4.91. The molecule has 0 saturated heterocycles. The van der Waals surface area contributed by atoms with E-state index in [9.17, 15) is 0 Å². The Kier molecular flexibility index (Phi) is 3.90. The normalized spacial score (nSPS) is 12.1. The van der Waals surface area contributed by atoms with Gasteiger partial charge in [0.25, 0.3) is 0 Å². The number of nitrogens with two attached hydrogens (primary N) is 1. The maximum Gasteiger partial charge on any atom is 0.170 e. The quantitative estimate of drug-likeness (QED) is 0.383. The van der Waals surface area contributed by atoms with Gasteiger partial charge in [-0.3, -0.25) is 0 Å². The first-order valence-electron chi connectivity index (χ1n) is 6.24. The largest absolute Gasteiger partial charge is 0.493 e. The lowest BCUT2D eigenvalue weighted by Crippen LogP contribution is -2.12. The van der Waals surface area contributed by atoms with E-state index in [2.05, 4.69) is 19.0 Å². The minimum absolute atomic E-state index is 0.113. The second kappa shape index (κ2) is 5.61. The molecule has 0 amide bonds. The van der Waals surface area contributed by atoms with Crippen molar-refractivity contribution >= 4 is 16.6 Å². The monoisotopic (exact) mass is 258 g/mol. The van der Waals surface area contributed by atoms with Gasteiger partial charge in [0.15, 0.2) is 5.84 Å². The number of hydrogen-bond acceptors (Lipinski definition) is 3. The van der Waals surface area contributed by atoms with E-state index in [4.69, 9.17) is 15.7 Å². The summed E-state index contributed by atoms with van der Waals surface area (Å²) in [7, 11) is 0. The molecule has 0 unspecified atom stereocenters. The molecule has 0 aliphatic carbocycles. The predicted molar refractivity (Wildman–Crippen MR) is 76.8 cm³/mol. The Morgan fingerprint density at radius 1 is 1.21 bits per heavy atom. The third kappa shape index (κ3) is 3.16. The van der Waals surface area contributed by atoms with E-state index < -0.39 is 0 Å². The van der Waals surface area contributed by atoms with Gasteiger partial charge in [0, 0.05) is 5.56 Å². The van der Waals surface area contributed by atoms with Crippen LogP contribution in [0.5, 0.6) is 5.75 Å². The average Bonchev–Trinajstić information content (AvgIpc) is 2.43. The molecule has 0 heterocycles. The van der Waals surface area contributed by atoms with Crippen LogP contribution in [0.1, 0.15) is 19.4 Å². The topological polar surface area (TPSA) is 67.8 Å². The summed E-state index contributed by atoms with van der Waals surface area (Å²) >= 11 is 0. The summed E-state index contributed by atoms with van der Waals surface area (Å²) in [5.74, 6) is 1.47. The van der Waals surface area contributed by atoms with Gasteiger partial charge in [-0.2, -0.15) is 0 Å². The van der Waals surface area contributed by atoms with Crippen LogP contribution in [0.4, 0.5) is 0 Å². The van der Waals surface area contributed by atoms with Crippen molar-refractivity contribution < 1.29 is 9.94 Å². The first-order valence-corrected chi connectivity index (χ1v) is 6.24. The maximum absolute atomic E-state index is 8.67. The van der Waals surface area contributed by atoms with Gasteiger partial charge in [-0.15, -0.1) is 0 Å². The highest BCUT2D eigenvalue weighted by Gasteiger charge is 2.03. The Bertz CT molecular complexity index is 606. The molecule has 0 bridgehead atoms. The molecule has 3 N–H and O–H groups in total. The van der Waals surface area contributed by atoms with E-state index in [0.29, 0.717) is 18.1 Å². The molecule has 0 aromatic heterocycles. The zero-order valence-electron chi connectivity index (χ0n) is 11.1. The molecular formula is C15H18N2O2. The summed E-state index contributed by atoms with van der Waals surface area (Å²) in [6, 6.07) is 11.5. The zero-order chi connectivity index (χ0) is 13.8. The smallest absolute Gasteiger partial charge is 0.170 e. The molecule has 100 valence electrons. The fourth-order valence-corrected chi connectivity index (χ4v) is 1.79. The first kappa shape index (κ1) is 13.2. The number of fused-ring (bicyclic) bond motifs is 1. The van der Waals surface area contributed by atoms with Crippen LogP contribution >= 0.6 is 0 Å². The van der Waals surface area contributed by atoms with E-state index in [1.165, 1.54) is 0 Å². The van der Waals surface area contributed by atoms with Gasteiger partial charge in [0.1, 0.15) is 5.75 Å². The number of amidine groups is 1. The van der Waals surface area contributed by atoms with Crippen molar-refractivity contribution in [3.8, 4) is 5.75 Å². The number of ether oxygens (including phenoxy) is 1. The lowest BCUT2D eigenvalue weighted by molar-refractivity contribution is 0.271. The lowest BCUT2D eigenvalue weighted by Gasteiger charge is -2.09. The molecule has 2 aromatic carbocycles. The van der Waals surface area contributed by atoms with E-state index >= 15 is 0 Å². The van der Waals surface area contributed by atoms with Crippen LogP contribution < -0.4 is 10.5 Å². The van der Waals surface area contributed by atoms with Crippen molar-refractivity contribution in [2.24, 2.45) is 16.8 Å². The Hall–Kier alpha value is -2.23. The van der Waals surface area contributed by atoms with Crippen molar-refractivity contribution in [1.82, 2.24) is 0 Å². The minimum Gasteiger partial charge on any atom is -0.493 e. The fraction of sp³-hybridized carbons (Fsp3) is 0.267. The molecular weight excluding hydrogens is 240 g/mol. The summed E-state index contributed by atoms with van der Waals surface area (Å²) in [4.78, 5) is 0. The number of hydrogen-bond donors (Lipinski definition) is 2. The SMILES string of the molecule is CC(C)COc1ccc2cc(/C(N)=N/O)ccc2c1. The Morgan fingerprint density at radius 3 is 2.58 bits per heavy atom. The molecule has 0 aliphatic heterocycles. The van der Waals surface area contributed by atoms with E-state index in [-0.39, 0.29) is 5.84 Å². The second-order valence-corrected chi connectivity index (χ2v) is 4.91. The molecule has 0 fully saturated rings. The predicted octanol–water partition coefficient (Wildman–Crippen LogP) is 2.97. The van der Waals surface area contributed by atoms with Crippen LogP contribution in [0, 0.1) is 5.92 Å². The van der Waals surface area contributed by atoms with Crippen LogP contribution in [-0.2, 0) is 0 Å². The highest BCUT2D eigenvalue weighted by molar-refractivity contribution is 6.00. The summed E-state index contributed by atoms with van der Waals surface area (Å²) in [5.41, 5.74) is 6.27. The van der Waals surface area contributed by atoms with Gasteiger partial charge in [-0.05, 0) is 34.9 Å². The van der Waals surface area contributed by atoms with Gasteiger partial charge in [0.2, 0.25) is 0 Å². The van der Waals surface area contributed by atoms with Crippen molar-refractivity contribution in [2.45, 2.75) is 13.8 Å². The number of rotatable bonds is 4. The standard InChI is InChI=1S/C15H18N2O2/c1-10(2)9-19-14-6-5-11-7-13(15(16)17-18)4-3-12(11)8-14/h3-8,10,18H,9H2,1-2H3,(H2,16,17). The molecule has 4 nitrogen and oxygen atoms in total.